The molecule has 0 radical (unpaired) electrons. The minimum Gasteiger partial charge on any atom is -0.414 e. The second-order valence-electron chi connectivity index (χ2n) is 6.88. The molecule has 24 heavy (non-hydrogen) atoms. The highest BCUT2D eigenvalue weighted by Gasteiger charge is 2.33. The van der Waals surface area contributed by atoms with Gasteiger partial charge in [-0.25, -0.2) is 0 Å². The Hall–Kier alpha value is -0.933. The van der Waals surface area contributed by atoms with Crippen molar-refractivity contribution >= 4 is 14.6 Å². The van der Waals surface area contributed by atoms with Crippen LogP contribution in [0, 0.1) is 0 Å². The average molecular weight is 351 g/mol. The lowest BCUT2D eigenvalue weighted by molar-refractivity contribution is -0.117. The number of hydrogen-bond donors (Lipinski definition) is 0. The summed E-state index contributed by atoms with van der Waals surface area (Å²) in [5.74, 6) is 0. The third-order valence-corrected chi connectivity index (χ3v) is 10.0. The van der Waals surface area contributed by atoms with E-state index in [4.69, 9.17) is 9.16 Å². The molecule has 1 saturated heterocycles. The molecule has 0 spiro atoms. The van der Waals surface area contributed by atoms with E-state index >= 15 is 0 Å². The molecule has 0 amide bonds. The van der Waals surface area contributed by atoms with E-state index in [2.05, 4.69) is 46.6 Å². The molecule has 1 rings (SSSR count). The normalized spacial score (nSPS) is 22.2. The monoisotopic (exact) mass is 350 g/mol. The second-order valence-corrected chi connectivity index (χ2v) is 11.6. The summed E-state index contributed by atoms with van der Waals surface area (Å²) in [5.41, 5.74) is 5.17. The van der Waals surface area contributed by atoms with Crippen LogP contribution in [0.2, 0.25) is 18.1 Å². The van der Waals surface area contributed by atoms with Crippen LogP contribution in [-0.2, 0) is 14.0 Å². The first-order chi connectivity index (χ1) is 11.4. The van der Waals surface area contributed by atoms with Crippen LogP contribution in [0.4, 0.5) is 0 Å². The van der Waals surface area contributed by atoms with E-state index in [1.165, 1.54) is 0 Å². The van der Waals surface area contributed by atoms with Gasteiger partial charge in [-0.3, -0.25) is 0 Å². The Labute approximate surface area is 148 Å². The van der Waals surface area contributed by atoms with E-state index in [-0.39, 0.29) is 18.3 Å². The van der Waals surface area contributed by atoms with Crippen LogP contribution in [0.5, 0.6) is 0 Å². The SMILES string of the molecule is C=C=C(C)C[C@H](CCC1O[C@@H](C=O)CC1=C)O[Si](CC)(CC)CC. The van der Waals surface area contributed by atoms with Crippen molar-refractivity contribution in [3.63, 3.8) is 0 Å². The zero-order chi connectivity index (χ0) is 18.2. The number of rotatable bonds is 11. The first kappa shape index (κ1) is 21.1. The van der Waals surface area contributed by atoms with Crippen molar-refractivity contribution in [2.75, 3.05) is 0 Å². The third-order valence-electron chi connectivity index (χ3n) is 5.35. The molecule has 0 aliphatic carbocycles. The molecule has 1 heterocycles. The predicted molar refractivity (Wildman–Crippen MR) is 103 cm³/mol. The molecule has 0 aromatic carbocycles. The molecule has 0 aromatic rings. The van der Waals surface area contributed by atoms with Crippen molar-refractivity contribution in [2.45, 2.75) is 89.8 Å². The molecule has 3 atom stereocenters. The molecule has 136 valence electrons. The summed E-state index contributed by atoms with van der Waals surface area (Å²) in [6, 6.07) is 3.44. The summed E-state index contributed by atoms with van der Waals surface area (Å²) >= 11 is 0. The molecule has 4 heteroatoms. The van der Waals surface area contributed by atoms with Gasteiger partial charge in [0, 0.05) is 18.9 Å². The quantitative estimate of drug-likeness (QED) is 0.223. The van der Waals surface area contributed by atoms with E-state index in [0.717, 1.165) is 54.8 Å². The van der Waals surface area contributed by atoms with Crippen molar-refractivity contribution in [3.8, 4) is 0 Å². The molecule has 3 nitrogen and oxygen atoms in total. The highest BCUT2D eigenvalue weighted by molar-refractivity contribution is 6.73. The van der Waals surface area contributed by atoms with Gasteiger partial charge in [0.15, 0.2) is 8.32 Å². The van der Waals surface area contributed by atoms with Gasteiger partial charge in [0.25, 0.3) is 0 Å². The van der Waals surface area contributed by atoms with Crippen LogP contribution in [0.15, 0.2) is 30.0 Å². The molecule has 0 N–H and O–H groups in total. The van der Waals surface area contributed by atoms with Crippen molar-refractivity contribution in [3.05, 3.63) is 30.0 Å². The van der Waals surface area contributed by atoms with Crippen LogP contribution in [0.1, 0.15) is 53.4 Å². The van der Waals surface area contributed by atoms with Crippen LogP contribution >= 0.6 is 0 Å². The topological polar surface area (TPSA) is 35.5 Å². The summed E-state index contributed by atoms with van der Waals surface area (Å²) in [4.78, 5) is 10.9. The Kier molecular flexibility index (Phi) is 8.93. The van der Waals surface area contributed by atoms with Crippen LogP contribution in [0.3, 0.4) is 0 Å². The fourth-order valence-electron chi connectivity index (χ4n) is 3.40. The Morgan fingerprint density at radius 3 is 2.50 bits per heavy atom. The smallest absolute Gasteiger partial charge is 0.192 e. The van der Waals surface area contributed by atoms with E-state index in [1.807, 2.05) is 0 Å². The molecule has 1 unspecified atom stereocenters. The minimum absolute atomic E-state index is 0.0136. The Morgan fingerprint density at radius 1 is 1.42 bits per heavy atom. The first-order valence-corrected chi connectivity index (χ1v) is 11.8. The standard InChI is InChI=1S/C20H34O3Si/c1-7-16(5)13-18(23-24(8-2,9-3)10-4)11-12-20-17(6)14-19(15-21)22-20/h15,18-20H,1,6,8-14H2,2-5H3/t18-,19+,20?/m0/s1. The van der Waals surface area contributed by atoms with Crippen molar-refractivity contribution < 1.29 is 14.0 Å². The molecule has 1 aliphatic heterocycles. The lowest BCUT2D eigenvalue weighted by atomic mass is 10.0. The third kappa shape index (κ3) is 5.85. The summed E-state index contributed by atoms with van der Waals surface area (Å²) in [7, 11) is -1.66. The molecule has 0 aromatic heterocycles. The Balaban J connectivity index is 2.74. The largest absolute Gasteiger partial charge is 0.414 e. The fourth-order valence-corrected chi connectivity index (χ4v) is 6.31. The van der Waals surface area contributed by atoms with Crippen molar-refractivity contribution in [1.29, 1.82) is 0 Å². The van der Waals surface area contributed by atoms with Gasteiger partial charge in [-0.15, -0.1) is 5.73 Å². The lowest BCUT2D eigenvalue weighted by Crippen LogP contribution is -2.40. The Bertz CT molecular complexity index is 467. The van der Waals surface area contributed by atoms with Crippen LogP contribution in [0.25, 0.3) is 0 Å². The van der Waals surface area contributed by atoms with Crippen LogP contribution in [-0.4, -0.2) is 32.9 Å². The number of carbonyl (C=O) groups excluding carboxylic acids is 1. The molecule has 1 fully saturated rings. The fraction of sp³-hybridized carbons (Fsp3) is 0.700. The van der Waals surface area contributed by atoms with E-state index in [0.29, 0.717) is 6.42 Å². The molecular formula is C20H34O3Si. The average Bonchev–Trinajstić information content (AvgIpc) is 2.97. The van der Waals surface area contributed by atoms with Crippen LogP contribution < -0.4 is 0 Å². The number of aldehydes is 1. The molecule has 1 aliphatic rings. The highest BCUT2D eigenvalue weighted by atomic mass is 28.4. The summed E-state index contributed by atoms with van der Waals surface area (Å²) in [6.07, 6.45) is 4.04. The predicted octanol–water partition coefficient (Wildman–Crippen LogP) is 5.19. The van der Waals surface area contributed by atoms with Gasteiger partial charge in [0.1, 0.15) is 12.4 Å². The minimum atomic E-state index is -1.66. The zero-order valence-electron chi connectivity index (χ0n) is 15.9. The lowest BCUT2D eigenvalue weighted by Gasteiger charge is -2.34. The van der Waals surface area contributed by atoms with Gasteiger partial charge in [-0.2, -0.15) is 0 Å². The molecular weight excluding hydrogens is 316 g/mol. The van der Waals surface area contributed by atoms with Gasteiger partial charge >= 0.3 is 0 Å². The summed E-state index contributed by atoms with van der Waals surface area (Å²) in [6.45, 7) is 16.6. The van der Waals surface area contributed by atoms with E-state index < -0.39 is 8.32 Å². The molecule has 0 saturated carbocycles. The van der Waals surface area contributed by atoms with Gasteiger partial charge in [0.05, 0.1) is 6.10 Å². The van der Waals surface area contributed by atoms with Gasteiger partial charge in [-0.1, -0.05) is 33.9 Å². The number of hydrogen-bond acceptors (Lipinski definition) is 3. The Morgan fingerprint density at radius 2 is 2.04 bits per heavy atom. The maximum atomic E-state index is 10.9. The number of ether oxygens (including phenoxy) is 1. The van der Waals surface area contributed by atoms with Crippen molar-refractivity contribution in [2.24, 2.45) is 0 Å². The zero-order valence-corrected chi connectivity index (χ0v) is 16.9. The van der Waals surface area contributed by atoms with Gasteiger partial charge in [0.2, 0.25) is 0 Å². The molecule has 0 bridgehead atoms. The van der Waals surface area contributed by atoms with E-state index in [9.17, 15) is 4.79 Å². The summed E-state index contributed by atoms with van der Waals surface area (Å²) < 4.78 is 12.5. The van der Waals surface area contributed by atoms with Gasteiger partial charge in [-0.05, 0) is 49.0 Å². The maximum Gasteiger partial charge on any atom is 0.192 e. The second kappa shape index (κ2) is 10.1. The first-order valence-electron chi connectivity index (χ1n) is 9.25. The van der Waals surface area contributed by atoms with E-state index in [1.54, 1.807) is 0 Å². The van der Waals surface area contributed by atoms with Gasteiger partial charge < -0.3 is 14.0 Å². The van der Waals surface area contributed by atoms with Crippen molar-refractivity contribution in [1.82, 2.24) is 0 Å². The summed E-state index contributed by atoms with van der Waals surface area (Å²) in [5, 5.41) is 0. The highest BCUT2D eigenvalue weighted by Crippen LogP contribution is 2.31. The number of carbonyl (C=O) groups is 1. The maximum absolute atomic E-state index is 10.9.